The number of nitrogens with zero attached hydrogens (tertiary/aromatic N) is 2. The van der Waals surface area contributed by atoms with Crippen LogP contribution in [0.15, 0.2) is 18.3 Å². The van der Waals surface area contributed by atoms with Crippen LogP contribution in [0.4, 0.5) is 5.69 Å². The topological polar surface area (TPSA) is 37.4 Å². The maximum absolute atomic E-state index is 5.42. The molecule has 2 atom stereocenters. The minimum Gasteiger partial charge on any atom is -0.379 e. The molecular formula is C14H23N3O. The van der Waals surface area contributed by atoms with Crippen LogP contribution in [0.25, 0.3) is 0 Å². The van der Waals surface area contributed by atoms with E-state index in [1.807, 2.05) is 13.2 Å². The van der Waals surface area contributed by atoms with Gasteiger partial charge in [-0.2, -0.15) is 0 Å². The quantitative estimate of drug-likeness (QED) is 0.866. The first-order valence-electron chi connectivity index (χ1n) is 6.70. The molecule has 0 aromatic carbocycles. The fraction of sp³-hybridized carbons (Fsp3) is 0.643. The number of pyridine rings is 1. The zero-order valence-electron chi connectivity index (χ0n) is 11.5. The summed E-state index contributed by atoms with van der Waals surface area (Å²) < 4.78 is 5.42. The number of likely N-dealkylation sites (N-methyl/N-ethyl adjacent to an activating group) is 1. The van der Waals surface area contributed by atoms with Crippen molar-refractivity contribution >= 4 is 5.69 Å². The van der Waals surface area contributed by atoms with E-state index in [-0.39, 0.29) is 0 Å². The van der Waals surface area contributed by atoms with E-state index in [0.29, 0.717) is 12.1 Å². The summed E-state index contributed by atoms with van der Waals surface area (Å²) in [6.07, 6.45) is 4.12. The Kier molecular flexibility index (Phi) is 4.55. The molecule has 1 saturated heterocycles. The summed E-state index contributed by atoms with van der Waals surface area (Å²) in [5, 5.41) is 3.28. The molecule has 1 aromatic rings. The second-order valence-electron chi connectivity index (χ2n) is 4.82. The van der Waals surface area contributed by atoms with Crippen molar-refractivity contribution in [3.05, 3.63) is 24.0 Å². The van der Waals surface area contributed by atoms with E-state index in [1.165, 1.54) is 5.69 Å². The number of rotatable bonds is 5. The van der Waals surface area contributed by atoms with Gasteiger partial charge in [0.1, 0.15) is 0 Å². The molecule has 1 aliphatic rings. The summed E-state index contributed by atoms with van der Waals surface area (Å²) in [5.74, 6) is 0. The van der Waals surface area contributed by atoms with Gasteiger partial charge in [-0.3, -0.25) is 4.98 Å². The smallest absolute Gasteiger partial charge is 0.0670 e. The number of hydrogen-bond donors (Lipinski definition) is 1. The first-order valence-corrected chi connectivity index (χ1v) is 6.70. The molecular weight excluding hydrogens is 226 g/mol. The molecule has 0 radical (unpaired) electrons. The number of nitrogens with one attached hydrogen (secondary N) is 1. The number of ether oxygens (including phenoxy) is 1. The van der Waals surface area contributed by atoms with Crippen molar-refractivity contribution in [2.24, 2.45) is 0 Å². The maximum Gasteiger partial charge on any atom is 0.0670 e. The minimum atomic E-state index is 0.346. The lowest BCUT2D eigenvalue weighted by Crippen LogP contribution is -2.31. The molecule has 2 rings (SSSR count). The van der Waals surface area contributed by atoms with Gasteiger partial charge in [0.2, 0.25) is 0 Å². The van der Waals surface area contributed by atoms with Crippen molar-refractivity contribution in [2.75, 3.05) is 32.2 Å². The fourth-order valence-corrected chi connectivity index (χ4v) is 2.41. The molecule has 2 heterocycles. The Morgan fingerprint density at radius 3 is 2.89 bits per heavy atom. The average molecular weight is 249 g/mol. The lowest BCUT2D eigenvalue weighted by molar-refractivity contribution is 0.193. The Balaban J connectivity index is 2.06. The molecule has 0 spiro atoms. The number of aromatic nitrogens is 1. The van der Waals surface area contributed by atoms with E-state index in [9.17, 15) is 0 Å². The van der Waals surface area contributed by atoms with Gasteiger partial charge >= 0.3 is 0 Å². The third kappa shape index (κ3) is 2.82. The second kappa shape index (κ2) is 6.16. The van der Waals surface area contributed by atoms with Crippen LogP contribution in [0.1, 0.15) is 31.5 Å². The summed E-state index contributed by atoms with van der Waals surface area (Å²) in [5.41, 5.74) is 2.28. The molecule has 4 nitrogen and oxygen atoms in total. The van der Waals surface area contributed by atoms with Crippen LogP contribution in [0.5, 0.6) is 0 Å². The highest BCUT2D eigenvalue weighted by Gasteiger charge is 2.20. The van der Waals surface area contributed by atoms with Crippen molar-refractivity contribution in [2.45, 2.75) is 31.8 Å². The van der Waals surface area contributed by atoms with Gasteiger partial charge in [0, 0.05) is 19.7 Å². The second-order valence-corrected chi connectivity index (χ2v) is 4.82. The van der Waals surface area contributed by atoms with Crippen molar-refractivity contribution < 1.29 is 4.74 Å². The van der Waals surface area contributed by atoms with Gasteiger partial charge in [-0.15, -0.1) is 0 Å². The van der Waals surface area contributed by atoms with E-state index in [0.717, 1.165) is 31.7 Å². The first kappa shape index (κ1) is 13.3. The molecule has 1 fully saturated rings. The molecule has 100 valence electrons. The lowest BCUT2D eigenvalue weighted by Gasteiger charge is -2.25. The van der Waals surface area contributed by atoms with Crippen molar-refractivity contribution in [1.29, 1.82) is 0 Å². The molecule has 4 heteroatoms. The predicted molar refractivity (Wildman–Crippen MR) is 74.0 cm³/mol. The van der Waals surface area contributed by atoms with Crippen LogP contribution < -0.4 is 10.2 Å². The van der Waals surface area contributed by atoms with Gasteiger partial charge in [-0.25, -0.2) is 0 Å². The van der Waals surface area contributed by atoms with Crippen molar-refractivity contribution in [3.63, 3.8) is 0 Å². The highest BCUT2D eigenvalue weighted by atomic mass is 16.5. The van der Waals surface area contributed by atoms with E-state index in [2.05, 4.69) is 41.3 Å². The first-order chi connectivity index (χ1) is 8.76. The number of anilines is 1. The van der Waals surface area contributed by atoms with E-state index in [1.54, 1.807) is 0 Å². The van der Waals surface area contributed by atoms with Crippen LogP contribution in [-0.2, 0) is 4.74 Å². The molecule has 1 N–H and O–H groups in total. The van der Waals surface area contributed by atoms with Crippen molar-refractivity contribution in [3.8, 4) is 0 Å². The molecule has 0 saturated carbocycles. The largest absolute Gasteiger partial charge is 0.379 e. The Bertz CT molecular complexity index is 356. The zero-order chi connectivity index (χ0) is 13.0. The summed E-state index contributed by atoms with van der Waals surface area (Å²) in [6.45, 7) is 3.86. The summed E-state index contributed by atoms with van der Waals surface area (Å²) in [7, 11) is 4.09. The average Bonchev–Trinajstić information content (AvgIpc) is 2.94. The van der Waals surface area contributed by atoms with Gasteiger partial charge in [-0.05, 0) is 32.0 Å². The summed E-state index contributed by atoms with van der Waals surface area (Å²) >= 11 is 0. The van der Waals surface area contributed by atoms with Crippen LogP contribution in [-0.4, -0.2) is 38.3 Å². The molecule has 18 heavy (non-hydrogen) atoms. The van der Waals surface area contributed by atoms with Gasteiger partial charge in [-0.1, -0.05) is 6.92 Å². The van der Waals surface area contributed by atoms with Gasteiger partial charge in [0.15, 0.2) is 0 Å². The molecule has 2 unspecified atom stereocenters. The molecule has 0 amide bonds. The summed E-state index contributed by atoms with van der Waals surface area (Å²) in [4.78, 5) is 6.84. The Morgan fingerprint density at radius 1 is 1.56 bits per heavy atom. The Labute approximate surface area is 109 Å². The monoisotopic (exact) mass is 249 g/mol. The maximum atomic E-state index is 5.42. The van der Waals surface area contributed by atoms with Crippen LogP contribution in [0, 0.1) is 0 Å². The highest BCUT2D eigenvalue weighted by molar-refractivity contribution is 5.45. The summed E-state index contributed by atoms with van der Waals surface area (Å²) in [6, 6.07) is 5.11. The van der Waals surface area contributed by atoms with E-state index >= 15 is 0 Å². The van der Waals surface area contributed by atoms with Crippen LogP contribution in [0.2, 0.25) is 0 Å². The normalized spacial score (nSPS) is 20.9. The zero-order valence-corrected chi connectivity index (χ0v) is 11.5. The van der Waals surface area contributed by atoms with Crippen LogP contribution in [0.3, 0.4) is 0 Å². The molecule has 0 bridgehead atoms. The van der Waals surface area contributed by atoms with Crippen molar-refractivity contribution in [1.82, 2.24) is 10.3 Å². The van der Waals surface area contributed by atoms with E-state index < -0.39 is 0 Å². The van der Waals surface area contributed by atoms with Gasteiger partial charge < -0.3 is 15.0 Å². The molecule has 0 aliphatic carbocycles. The third-order valence-electron chi connectivity index (χ3n) is 3.75. The predicted octanol–water partition coefficient (Wildman–Crippen LogP) is 1.98. The van der Waals surface area contributed by atoms with Crippen LogP contribution >= 0.6 is 0 Å². The SMILES string of the molecule is CCC(NC)c1ccc(N(C)C2CCOC2)cn1. The molecule has 1 aliphatic heterocycles. The van der Waals surface area contributed by atoms with E-state index in [4.69, 9.17) is 4.74 Å². The standard InChI is InChI=1S/C14H23N3O/c1-4-13(15-2)14-6-5-11(9-16-14)17(3)12-7-8-18-10-12/h5-6,9,12-13,15H,4,7-8,10H2,1-3H3. The Morgan fingerprint density at radius 2 is 2.39 bits per heavy atom. The highest BCUT2D eigenvalue weighted by Crippen LogP contribution is 2.21. The number of hydrogen-bond acceptors (Lipinski definition) is 4. The molecule has 1 aromatic heterocycles. The third-order valence-corrected chi connectivity index (χ3v) is 3.75. The van der Waals surface area contributed by atoms with Gasteiger partial charge in [0.25, 0.3) is 0 Å². The Hall–Kier alpha value is -1.13. The fourth-order valence-electron chi connectivity index (χ4n) is 2.41. The van der Waals surface area contributed by atoms with Gasteiger partial charge in [0.05, 0.1) is 30.2 Å². The minimum absolute atomic E-state index is 0.346. The lowest BCUT2D eigenvalue weighted by atomic mass is 10.1.